The van der Waals surface area contributed by atoms with Gasteiger partial charge in [-0.1, -0.05) is 19.9 Å². The fourth-order valence-electron chi connectivity index (χ4n) is 2.16. The number of hydrogen-bond acceptors (Lipinski definition) is 7. The van der Waals surface area contributed by atoms with Crippen molar-refractivity contribution in [3.8, 4) is 0 Å². The van der Waals surface area contributed by atoms with Gasteiger partial charge in [-0.3, -0.25) is 14.9 Å². The minimum atomic E-state index is -3.97. The zero-order chi connectivity index (χ0) is 21.3. The first-order valence-corrected chi connectivity index (χ1v) is 10.0. The summed E-state index contributed by atoms with van der Waals surface area (Å²) in [6.07, 6.45) is -0.720. The molecular weight excluding hydrogens is 392 g/mol. The number of carbonyl (C=O) groups is 2. The first-order valence-electron chi connectivity index (χ1n) is 8.53. The van der Waals surface area contributed by atoms with Crippen molar-refractivity contribution >= 4 is 27.7 Å². The maximum atomic E-state index is 12.2. The Balaban J connectivity index is 2.60. The zero-order valence-corrected chi connectivity index (χ0v) is 16.6. The fourth-order valence-corrected chi connectivity index (χ4v) is 3.23. The van der Waals surface area contributed by atoms with Gasteiger partial charge in [0.05, 0.1) is 16.4 Å². The van der Waals surface area contributed by atoms with Crippen LogP contribution < -0.4 is 15.4 Å². The van der Waals surface area contributed by atoms with Crippen LogP contribution in [0.2, 0.25) is 0 Å². The van der Waals surface area contributed by atoms with Crippen molar-refractivity contribution in [1.29, 1.82) is 0 Å². The zero-order valence-electron chi connectivity index (χ0n) is 15.8. The molecule has 0 fully saturated rings. The van der Waals surface area contributed by atoms with Crippen LogP contribution in [0.25, 0.3) is 0 Å². The van der Waals surface area contributed by atoms with Crippen LogP contribution in [0.4, 0.5) is 10.5 Å². The van der Waals surface area contributed by atoms with Crippen molar-refractivity contribution in [2.45, 2.75) is 31.7 Å². The monoisotopic (exact) mass is 416 g/mol. The Morgan fingerprint density at radius 3 is 2.50 bits per heavy atom. The topological polar surface area (TPSA) is 157 Å². The summed E-state index contributed by atoms with van der Waals surface area (Å²) in [5, 5.41) is 15.7. The summed E-state index contributed by atoms with van der Waals surface area (Å²) in [4.78, 5) is 33.5. The number of non-ortho nitro benzene ring substituents is 1. The third kappa shape index (κ3) is 7.12. The van der Waals surface area contributed by atoms with Gasteiger partial charge in [0.25, 0.3) is 5.69 Å². The van der Waals surface area contributed by atoms with Crippen molar-refractivity contribution in [1.82, 2.24) is 15.4 Å². The molecule has 11 nitrogen and oxygen atoms in total. The number of benzene rings is 1. The number of rotatable bonds is 10. The van der Waals surface area contributed by atoms with E-state index in [-0.39, 0.29) is 36.2 Å². The average molecular weight is 416 g/mol. The largest absolute Gasteiger partial charge is 0.450 e. The standard InChI is InChI=1S/C16H24N4O7S/c1-4-27-16(22)19-14(11(2)3)15(21)17-8-9-18-28(25,26)13-7-5-6-12(10-13)20(23)24/h5-7,10-11,14,18H,4,8-9H2,1-3H3,(H,17,21)(H,19,22). The van der Waals surface area contributed by atoms with Gasteiger partial charge >= 0.3 is 6.09 Å². The molecule has 1 aromatic rings. The Bertz CT molecular complexity index is 811. The summed E-state index contributed by atoms with van der Waals surface area (Å²) < 4.78 is 31.4. The van der Waals surface area contributed by atoms with E-state index in [0.717, 1.165) is 6.07 Å². The average Bonchev–Trinajstić information content (AvgIpc) is 2.63. The van der Waals surface area contributed by atoms with Gasteiger partial charge < -0.3 is 15.4 Å². The molecule has 2 amide bonds. The van der Waals surface area contributed by atoms with Gasteiger partial charge in [-0.2, -0.15) is 0 Å². The van der Waals surface area contributed by atoms with Crippen LogP contribution in [0.1, 0.15) is 20.8 Å². The van der Waals surface area contributed by atoms with Crippen LogP contribution in [0, 0.1) is 16.0 Å². The second-order valence-corrected chi connectivity index (χ2v) is 7.80. The highest BCUT2D eigenvalue weighted by Gasteiger charge is 2.24. The van der Waals surface area contributed by atoms with Crippen LogP contribution in [-0.4, -0.2) is 51.1 Å². The van der Waals surface area contributed by atoms with Gasteiger partial charge in [0.1, 0.15) is 6.04 Å². The van der Waals surface area contributed by atoms with E-state index in [1.807, 2.05) is 0 Å². The maximum absolute atomic E-state index is 12.2. The lowest BCUT2D eigenvalue weighted by Gasteiger charge is -2.21. The van der Waals surface area contributed by atoms with Gasteiger partial charge in [0.15, 0.2) is 0 Å². The van der Waals surface area contributed by atoms with Crippen LogP contribution >= 0.6 is 0 Å². The highest BCUT2D eigenvalue weighted by Crippen LogP contribution is 2.16. The second-order valence-electron chi connectivity index (χ2n) is 6.03. The van der Waals surface area contributed by atoms with E-state index < -0.39 is 33.0 Å². The van der Waals surface area contributed by atoms with E-state index in [9.17, 15) is 28.1 Å². The number of ether oxygens (including phenoxy) is 1. The number of hydrogen-bond donors (Lipinski definition) is 3. The summed E-state index contributed by atoms with van der Waals surface area (Å²) in [6.45, 7) is 5.10. The quantitative estimate of drug-likeness (QED) is 0.289. The third-order valence-corrected chi connectivity index (χ3v) is 5.01. The summed E-state index contributed by atoms with van der Waals surface area (Å²) >= 11 is 0. The molecule has 3 N–H and O–H groups in total. The molecule has 0 aliphatic carbocycles. The highest BCUT2D eigenvalue weighted by atomic mass is 32.2. The molecule has 0 saturated heterocycles. The molecule has 0 aliphatic rings. The normalized spacial score (nSPS) is 12.3. The number of nitro benzene ring substituents is 1. The molecule has 1 atom stereocenters. The molecule has 0 aliphatic heterocycles. The van der Waals surface area contributed by atoms with Crippen molar-refractivity contribution in [3.63, 3.8) is 0 Å². The molecule has 0 heterocycles. The Hall–Kier alpha value is -2.73. The number of nitrogens with one attached hydrogen (secondary N) is 3. The van der Waals surface area contributed by atoms with Crippen LogP contribution in [0.15, 0.2) is 29.2 Å². The Morgan fingerprint density at radius 1 is 1.25 bits per heavy atom. The molecule has 0 bridgehead atoms. The van der Waals surface area contributed by atoms with Gasteiger partial charge in [0.2, 0.25) is 15.9 Å². The van der Waals surface area contributed by atoms with Crippen molar-refractivity contribution in [3.05, 3.63) is 34.4 Å². The van der Waals surface area contributed by atoms with Gasteiger partial charge in [-0.25, -0.2) is 17.9 Å². The molecule has 0 aromatic heterocycles. The summed E-state index contributed by atoms with van der Waals surface area (Å²) in [5.74, 6) is -0.705. The molecule has 0 saturated carbocycles. The Morgan fingerprint density at radius 2 is 1.93 bits per heavy atom. The highest BCUT2D eigenvalue weighted by molar-refractivity contribution is 7.89. The molecule has 156 valence electrons. The Labute approximate surface area is 163 Å². The number of carbonyl (C=O) groups excluding carboxylic acids is 2. The molecule has 1 rings (SSSR count). The van der Waals surface area contributed by atoms with Gasteiger partial charge in [-0.15, -0.1) is 0 Å². The minimum Gasteiger partial charge on any atom is -0.450 e. The molecule has 1 unspecified atom stereocenters. The van der Waals surface area contributed by atoms with Crippen molar-refractivity contribution < 1.29 is 27.7 Å². The first kappa shape index (κ1) is 23.3. The molecule has 28 heavy (non-hydrogen) atoms. The van der Waals surface area contributed by atoms with E-state index in [1.165, 1.54) is 18.2 Å². The maximum Gasteiger partial charge on any atom is 0.407 e. The van der Waals surface area contributed by atoms with Crippen molar-refractivity contribution in [2.24, 2.45) is 5.92 Å². The van der Waals surface area contributed by atoms with Crippen LogP contribution in [-0.2, 0) is 19.6 Å². The number of alkyl carbamates (subject to hydrolysis) is 1. The number of nitrogens with zero attached hydrogens (tertiary/aromatic N) is 1. The molecular formula is C16H24N4O7S. The van der Waals surface area contributed by atoms with Gasteiger partial charge in [0, 0.05) is 25.2 Å². The molecule has 0 radical (unpaired) electrons. The molecule has 1 aromatic carbocycles. The second kappa shape index (κ2) is 10.6. The number of amides is 2. The van der Waals surface area contributed by atoms with E-state index in [4.69, 9.17) is 4.74 Å². The number of sulfonamides is 1. The summed E-state index contributed by atoms with van der Waals surface area (Å²) in [7, 11) is -3.97. The lowest BCUT2D eigenvalue weighted by molar-refractivity contribution is -0.385. The van der Waals surface area contributed by atoms with Crippen LogP contribution in [0.5, 0.6) is 0 Å². The lowest BCUT2D eigenvalue weighted by Crippen LogP contribution is -2.51. The first-order chi connectivity index (χ1) is 13.1. The summed E-state index contributed by atoms with van der Waals surface area (Å²) in [5.41, 5.74) is -0.346. The lowest BCUT2D eigenvalue weighted by atomic mass is 10.0. The fraction of sp³-hybridized carbons (Fsp3) is 0.500. The van der Waals surface area contributed by atoms with E-state index in [0.29, 0.717) is 0 Å². The number of nitro groups is 1. The smallest absolute Gasteiger partial charge is 0.407 e. The van der Waals surface area contributed by atoms with E-state index in [1.54, 1.807) is 20.8 Å². The third-order valence-electron chi connectivity index (χ3n) is 3.55. The molecule has 12 heteroatoms. The molecule has 0 spiro atoms. The van der Waals surface area contributed by atoms with Crippen molar-refractivity contribution in [2.75, 3.05) is 19.7 Å². The SMILES string of the molecule is CCOC(=O)NC(C(=O)NCCNS(=O)(=O)c1cccc([N+](=O)[O-])c1)C(C)C. The van der Waals surface area contributed by atoms with Crippen LogP contribution in [0.3, 0.4) is 0 Å². The Kier molecular flexibility index (Phi) is 8.79. The van der Waals surface area contributed by atoms with Gasteiger partial charge in [-0.05, 0) is 18.9 Å². The predicted octanol–water partition coefficient (Wildman–Crippen LogP) is 0.760. The van der Waals surface area contributed by atoms with E-state index in [2.05, 4.69) is 15.4 Å². The predicted molar refractivity (Wildman–Crippen MR) is 100 cm³/mol. The summed E-state index contributed by atoms with van der Waals surface area (Å²) in [6, 6.07) is 3.78. The van der Waals surface area contributed by atoms with E-state index >= 15 is 0 Å². The minimum absolute atomic E-state index is 0.0410.